The van der Waals surface area contributed by atoms with Crippen molar-refractivity contribution in [3.8, 4) is 5.75 Å². The van der Waals surface area contributed by atoms with Gasteiger partial charge in [0.25, 0.3) is 0 Å². The Bertz CT molecular complexity index is 419. The van der Waals surface area contributed by atoms with Crippen LogP contribution in [-0.2, 0) is 6.54 Å². The van der Waals surface area contributed by atoms with E-state index in [0.29, 0.717) is 18.3 Å². The van der Waals surface area contributed by atoms with Crippen LogP contribution in [0.25, 0.3) is 0 Å². The second-order valence-electron chi connectivity index (χ2n) is 5.77. The third kappa shape index (κ3) is 2.68. The molecule has 1 aliphatic carbocycles. The molecular formula is C15H23NO2. The lowest BCUT2D eigenvalue weighted by atomic mass is 9.85. The molecule has 0 aromatic heterocycles. The molecule has 1 aromatic rings. The Morgan fingerprint density at radius 1 is 1.44 bits per heavy atom. The van der Waals surface area contributed by atoms with Crippen LogP contribution in [0.1, 0.15) is 37.3 Å². The van der Waals surface area contributed by atoms with E-state index in [-0.39, 0.29) is 12.0 Å². The summed E-state index contributed by atoms with van der Waals surface area (Å²) in [6, 6.07) is 5.99. The normalized spacial score (nSPS) is 27.6. The summed E-state index contributed by atoms with van der Waals surface area (Å²) in [6.07, 6.45) is 3.33. The number of hydrogen-bond donors (Lipinski definition) is 3. The van der Waals surface area contributed by atoms with Gasteiger partial charge in [-0.1, -0.05) is 31.0 Å². The average molecular weight is 249 g/mol. The first kappa shape index (κ1) is 13.4. The molecule has 0 aliphatic heterocycles. The molecule has 0 radical (unpaired) electrons. The summed E-state index contributed by atoms with van der Waals surface area (Å²) in [5.74, 6) is 0.344. The maximum atomic E-state index is 9.81. The summed E-state index contributed by atoms with van der Waals surface area (Å²) in [5.41, 5.74) is 2.07. The lowest BCUT2D eigenvalue weighted by molar-refractivity contribution is 0.118. The molecule has 0 heterocycles. The molecule has 0 bridgehead atoms. The molecule has 1 aliphatic rings. The Morgan fingerprint density at radius 3 is 2.94 bits per heavy atom. The largest absolute Gasteiger partial charge is 0.508 e. The van der Waals surface area contributed by atoms with Gasteiger partial charge in [0.05, 0.1) is 0 Å². The highest BCUT2D eigenvalue weighted by Gasteiger charge is 2.37. The maximum Gasteiger partial charge on any atom is 0.120 e. The van der Waals surface area contributed by atoms with Crippen molar-refractivity contribution in [2.24, 2.45) is 5.41 Å². The summed E-state index contributed by atoms with van der Waals surface area (Å²) in [7, 11) is 0. The predicted molar refractivity (Wildman–Crippen MR) is 72.5 cm³/mol. The zero-order chi connectivity index (χ0) is 13.2. The lowest BCUT2D eigenvalue weighted by Gasteiger charge is -2.30. The second-order valence-corrected chi connectivity index (χ2v) is 5.77. The lowest BCUT2D eigenvalue weighted by Crippen LogP contribution is -2.41. The summed E-state index contributed by atoms with van der Waals surface area (Å²) < 4.78 is 0. The van der Waals surface area contributed by atoms with Crippen molar-refractivity contribution in [2.45, 2.75) is 45.7 Å². The van der Waals surface area contributed by atoms with Crippen LogP contribution in [0.2, 0.25) is 0 Å². The summed E-state index contributed by atoms with van der Waals surface area (Å²) in [5, 5.41) is 22.8. The Kier molecular flexibility index (Phi) is 3.93. The number of aliphatic hydroxyl groups excluding tert-OH is 1. The zero-order valence-electron chi connectivity index (χ0n) is 11.2. The van der Waals surface area contributed by atoms with E-state index in [0.717, 1.165) is 30.4 Å². The molecule has 3 N–H and O–H groups in total. The number of benzene rings is 1. The number of phenols is 1. The molecular weight excluding hydrogens is 226 g/mol. The SMILES string of the molecule is Cc1ccc(O)c(CNC2CCCC2(C)CO)c1. The quantitative estimate of drug-likeness (QED) is 0.767. The fourth-order valence-corrected chi connectivity index (χ4v) is 2.86. The molecule has 3 heteroatoms. The Balaban J connectivity index is 2.01. The van der Waals surface area contributed by atoms with Gasteiger partial charge in [-0.2, -0.15) is 0 Å². The second kappa shape index (κ2) is 5.29. The Morgan fingerprint density at radius 2 is 2.22 bits per heavy atom. The minimum absolute atomic E-state index is 0.0144. The highest BCUT2D eigenvalue weighted by atomic mass is 16.3. The zero-order valence-corrected chi connectivity index (χ0v) is 11.2. The monoisotopic (exact) mass is 249 g/mol. The molecule has 1 aromatic carbocycles. The number of aliphatic hydroxyl groups is 1. The minimum atomic E-state index is -0.0144. The van der Waals surface area contributed by atoms with Crippen LogP contribution < -0.4 is 5.32 Å². The fraction of sp³-hybridized carbons (Fsp3) is 0.600. The topological polar surface area (TPSA) is 52.5 Å². The molecule has 0 spiro atoms. The number of rotatable bonds is 4. The van der Waals surface area contributed by atoms with Gasteiger partial charge in [-0.05, 0) is 25.8 Å². The van der Waals surface area contributed by atoms with Gasteiger partial charge in [0.15, 0.2) is 0 Å². The average Bonchev–Trinajstić information content (AvgIpc) is 2.73. The van der Waals surface area contributed by atoms with Crippen molar-refractivity contribution in [2.75, 3.05) is 6.61 Å². The van der Waals surface area contributed by atoms with Gasteiger partial charge in [-0.3, -0.25) is 0 Å². The van der Waals surface area contributed by atoms with Crippen LogP contribution in [-0.4, -0.2) is 22.9 Å². The number of nitrogens with one attached hydrogen (secondary N) is 1. The summed E-state index contributed by atoms with van der Waals surface area (Å²) in [6.45, 7) is 5.04. The van der Waals surface area contributed by atoms with Crippen LogP contribution in [0.15, 0.2) is 18.2 Å². The highest BCUT2D eigenvalue weighted by molar-refractivity contribution is 5.35. The van der Waals surface area contributed by atoms with E-state index in [2.05, 4.69) is 12.2 Å². The van der Waals surface area contributed by atoms with Gasteiger partial charge in [0.1, 0.15) is 5.75 Å². The molecule has 0 saturated heterocycles. The third-order valence-corrected chi connectivity index (χ3v) is 4.22. The Hall–Kier alpha value is -1.06. The van der Waals surface area contributed by atoms with Crippen LogP contribution in [0.3, 0.4) is 0 Å². The highest BCUT2D eigenvalue weighted by Crippen LogP contribution is 2.37. The van der Waals surface area contributed by atoms with Crippen LogP contribution in [0.4, 0.5) is 0 Å². The van der Waals surface area contributed by atoms with Crippen molar-refractivity contribution >= 4 is 0 Å². The fourth-order valence-electron chi connectivity index (χ4n) is 2.86. The van der Waals surface area contributed by atoms with Gasteiger partial charge in [-0.15, -0.1) is 0 Å². The molecule has 3 nitrogen and oxygen atoms in total. The first-order chi connectivity index (χ1) is 8.55. The van der Waals surface area contributed by atoms with E-state index >= 15 is 0 Å². The van der Waals surface area contributed by atoms with Gasteiger partial charge >= 0.3 is 0 Å². The summed E-state index contributed by atoms with van der Waals surface area (Å²) in [4.78, 5) is 0. The molecule has 100 valence electrons. The van der Waals surface area contributed by atoms with Gasteiger partial charge < -0.3 is 15.5 Å². The first-order valence-electron chi connectivity index (χ1n) is 6.68. The number of aromatic hydroxyl groups is 1. The molecule has 1 saturated carbocycles. The Labute approximate surface area is 109 Å². The van der Waals surface area contributed by atoms with E-state index < -0.39 is 0 Å². The summed E-state index contributed by atoms with van der Waals surface area (Å²) >= 11 is 0. The van der Waals surface area contributed by atoms with E-state index in [9.17, 15) is 10.2 Å². The molecule has 18 heavy (non-hydrogen) atoms. The van der Waals surface area contributed by atoms with E-state index in [1.807, 2.05) is 19.1 Å². The number of hydrogen-bond acceptors (Lipinski definition) is 3. The van der Waals surface area contributed by atoms with E-state index in [1.165, 1.54) is 0 Å². The maximum absolute atomic E-state index is 9.81. The van der Waals surface area contributed by atoms with Crippen molar-refractivity contribution in [1.82, 2.24) is 5.32 Å². The van der Waals surface area contributed by atoms with Gasteiger partial charge in [0.2, 0.25) is 0 Å². The number of aryl methyl sites for hydroxylation is 1. The molecule has 1 fully saturated rings. The van der Waals surface area contributed by atoms with Gasteiger partial charge in [0, 0.05) is 30.2 Å². The van der Waals surface area contributed by atoms with Gasteiger partial charge in [-0.25, -0.2) is 0 Å². The standard InChI is InChI=1S/C15H23NO2/c1-11-5-6-13(18)12(8-11)9-16-14-4-3-7-15(14,2)10-17/h5-6,8,14,16-18H,3-4,7,9-10H2,1-2H3. The van der Waals surface area contributed by atoms with E-state index in [1.54, 1.807) is 6.07 Å². The first-order valence-corrected chi connectivity index (χ1v) is 6.68. The van der Waals surface area contributed by atoms with Crippen molar-refractivity contribution in [3.63, 3.8) is 0 Å². The molecule has 2 rings (SSSR count). The van der Waals surface area contributed by atoms with Crippen LogP contribution >= 0.6 is 0 Å². The molecule has 0 amide bonds. The minimum Gasteiger partial charge on any atom is -0.508 e. The van der Waals surface area contributed by atoms with Crippen molar-refractivity contribution in [1.29, 1.82) is 0 Å². The van der Waals surface area contributed by atoms with E-state index in [4.69, 9.17) is 0 Å². The third-order valence-electron chi connectivity index (χ3n) is 4.22. The predicted octanol–water partition coefficient (Wildman–Crippen LogP) is 2.34. The molecule has 2 unspecified atom stereocenters. The van der Waals surface area contributed by atoms with Crippen LogP contribution in [0, 0.1) is 12.3 Å². The van der Waals surface area contributed by atoms with Crippen molar-refractivity contribution in [3.05, 3.63) is 29.3 Å². The van der Waals surface area contributed by atoms with Crippen molar-refractivity contribution < 1.29 is 10.2 Å². The number of phenolic OH excluding ortho intramolecular Hbond substituents is 1. The smallest absolute Gasteiger partial charge is 0.120 e. The molecule has 2 atom stereocenters. The van der Waals surface area contributed by atoms with Crippen LogP contribution in [0.5, 0.6) is 5.75 Å².